The van der Waals surface area contributed by atoms with E-state index in [1.54, 1.807) is 4.90 Å². The number of hydrogen-bond donors (Lipinski definition) is 3. The minimum atomic E-state index is -1.13. The van der Waals surface area contributed by atoms with E-state index in [1.165, 1.54) is 0 Å². The number of benzene rings is 3. The first-order chi connectivity index (χ1) is 17.5. The van der Waals surface area contributed by atoms with Crippen LogP contribution in [0.5, 0.6) is 0 Å². The van der Waals surface area contributed by atoms with Crippen LogP contribution in [0.1, 0.15) is 35.6 Å². The molecule has 7 heteroatoms. The molecule has 4 N–H and O–H groups in total. The number of nitrogens with two attached hydrogens (primary N) is 1. The third kappa shape index (κ3) is 4.27. The molecular formula is C29H31N5O2. The van der Waals surface area contributed by atoms with Gasteiger partial charge in [-0.1, -0.05) is 91.0 Å². The fourth-order valence-corrected chi connectivity index (χ4v) is 5.30. The van der Waals surface area contributed by atoms with Crippen LogP contribution < -0.4 is 11.1 Å². The van der Waals surface area contributed by atoms with Crippen molar-refractivity contribution in [1.82, 2.24) is 15.1 Å². The minimum absolute atomic E-state index is 0.0709. The summed E-state index contributed by atoms with van der Waals surface area (Å²) in [5.74, 6) is 0.0840. The molecule has 0 spiro atoms. The van der Waals surface area contributed by atoms with Crippen LogP contribution in [0.3, 0.4) is 0 Å². The van der Waals surface area contributed by atoms with Crippen molar-refractivity contribution >= 4 is 17.8 Å². The molecular weight excluding hydrogens is 450 g/mol. The van der Waals surface area contributed by atoms with E-state index in [9.17, 15) is 9.59 Å². The van der Waals surface area contributed by atoms with Gasteiger partial charge in [0.05, 0.1) is 0 Å². The topological polar surface area (TPSA) is 103 Å². The Morgan fingerprint density at radius 2 is 1.42 bits per heavy atom. The molecule has 0 radical (unpaired) electrons. The van der Waals surface area contributed by atoms with Crippen LogP contribution in [0.2, 0.25) is 0 Å². The van der Waals surface area contributed by atoms with Crippen molar-refractivity contribution in [1.29, 1.82) is 5.41 Å². The summed E-state index contributed by atoms with van der Waals surface area (Å²) in [5.41, 5.74) is 7.53. The molecule has 1 atom stereocenters. The van der Waals surface area contributed by atoms with Gasteiger partial charge in [-0.3, -0.25) is 19.9 Å². The smallest absolute Gasteiger partial charge is 0.264 e. The summed E-state index contributed by atoms with van der Waals surface area (Å²) in [5, 5.41) is 11.9. The van der Waals surface area contributed by atoms with E-state index in [0.29, 0.717) is 19.6 Å². The maximum Gasteiger partial charge on any atom is 0.264 e. The molecule has 3 aromatic rings. The van der Waals surface area contributed by atoms with Crippen molar-refractivity contribution in [2.24, 2.45) is 11.7 Å². The minimum Gasteiger partial charge on any atom is -0.341 e. The van der Waals surface area contributed by atoms with Gasteiger partial charge in [-0.2, -0.15) is 0 Å². The highest BCUT2D eigenvalue weighted by Gasteiger charge is 2.52. The Morgan fingerprint density at radius 3 is 1.94 bits per heavy atom. The van der Waals surface area contributed by atoms with Crippen LogP contribution in [-0.2, 0) is 15.1 Å². The summed E-state index contributed by atoms with van der Waals surface area (Å²) < 4.78 is 0. The van der Waals surface area contributed by atoms with Gasteiger partial charge < -0.3 is 16.0 Å². The van der Waals surface area contributed by atoms with Gasteiger partial charge in [-0.25, -0.2) is 0 Å². The van der Waals surface area contributed by atoms with Crippen molar-refractivity contribution in [3.63, 3.8) is 0 Å². The summed E-state index contributed by atoms with van der Waals surface area (Å²) in [7, 11) is 0. The highest BCUT2D eigenvalue weighted by Crippen LogP contribution is 2.36. The Morgan fingerprint density at radius 1 is 0.917 bits per heavy atom. The molecule has 36 heavy (non-hydrogen) atoms. The Bertz CT molecular complexity index is 1180. The zero-order valence-electron chi connectivity index (χ0n) is 20.1. The maximum absolute atomic E-state index is 14.0. The predicted molar refractivity (Wildman–Crippen MR) is 139 cm³/mol. The molecule has 2 aliphatic heterocycles. The highest BCUT2D eigenvalue weighted by molar-refractivity contribution is 6.10. The van der Waals surface area contributed by atoms with Crippen LogP contribution in [0, 0.1) is 11.3 Å². The molecule has 2 heterocycles. The largest absolute Gasteiger partial charge is 0.341 e. The first-order valence-electron chi connectivity index (χ1n) is 12.4. The van der Waals surface area contributed by atoms with E-state index in [-0.39, 0.29) is 23.7 Å². The van der Waals surface area contributed by atoms with Gasteiger partial charge in [0.15, 0.2) is 11.5 Å². The van der Waals surface area contributed by atoms with Crippen molar-refractivity contribution < 1.29 is 9.59 Å². The lowest BCUT2D eigenvalue weighted by molar-refractivity contribution is -0.135. The lowest BCUT2D eigenvalue weighted by Gasteiger charge is -2.35. The predicted octanol–water partition coefficient (Wildman–Crippen LogP) is 3.24. The second kappa shape index (κ2) is 9.95. The number of piperidine rings is 1. The van der Waals surface area contributed by atoms with Gasteiger partial charge in [-0.05, 0) is 35.4 Å². The number of carbonyl (C=O) groups excluding carboxylic acids is 2. The lowest BCUT2D eigenvalue weighted by Crippen LogP contribution is -2.47. The van der Waals surface area contributed by atoms with Gasteiger partial charge in [0.1, 0.15) is 6.04 Å². The average Bonchev–Trinajstić information content (AvgIpc) is 3.20. The quantitative estimate of drug-likeness (QED) is 0.503. The van der Waals surface area contributed by atoms with E-state index in [1.807, 2.05) is 95.9 Å². The van der Waals surface area contributed by atoms with Crippen molar-refractivity contribution in [2.75, 3.05) is 19.6 Å². The fourth-order valence-electron chi connectivity index (χ4n) is 5.30. The molecule has 0 unspecified atom stereocenters. The number of nitrogens with one attached hydrogen (secondary N) is 2. The average molecular weight is 482 g/mol. The summed E-state index contributed by atoms with van der Waals surface area (Å²) >= 11 is 0. The highest BCUT2D eigenvalue weighted by atomic mass is 16.2. The summed E-state index contributed by atoms with van der Waals surface area (Å²) in [4.78, 5) is 30.3. The SMILES string of the molecule is N=C1NC(c2ccccc2)(c2ccccc2)C(=O)N1CC1CCN(C(=O)[C@@H](N)c2ccccc2)CC1. The zero-order chi connectivity index (χ0) is 25.1. The third-order valence-corrected chi connectivity index (χ3v) is 7.35. The van der Waals surface area contributed by atoms with Crippen LogP contribution in [0.15, 0.2) is 91.0 Å². The number of likely N-dealkylation sites (tertiary alicyclic amines) is 1. The second-order valence-corrected chi connectivity index (χ2v) is 9.53. The Kier molecular flexibility index (Phi) is 6.57. The molecule has 2 saturated heterocycles. The molecule has 0 aromatic heterocycles. The Hall–Kier alpha value is -3.97. The van der Waals surface area contributed by atoms with Crippen LogP contribution >= 0.6 is 0 Å². The molecule has 0 aliphatic carbocycles. The molecule has 2 amide bonds. The number of hydrogen-bond acceptors (Lipinski definition) is 4. The molecule has 2 aliphatic rings. The molecule has 7 nitrogen and oxygen atoms in total. The van der Waals surface area contributed by atoms with Gasteiger partial charge in [-0.15, -0.1) is 0 Å². The fraction of sp³-hybridized carbons (Fsp3) is 0.276. The van der Waals surface area contributed by atoms with Crippen molar-refractivity contribution in [3.8, 4) is 0 Å². The molecule has 184 valence electrons. The van der Waals surface area contributed by atoms with Gasteiger partial charge >= 0.3 is 0 Å². The van der Waals surface area contributed by atoms with Crippen LogP contribution in [-0.4, -0.2) is 47.2 Å². The Labute approximate surface area is 211 Å². The normalized spacial score (nSPS) is 18.7. The summed E-state index contributed by atoms with van der Waals surface area (Å²) in [6.07, 6.45) is 1.52. The van der Waals surface area contributed by atoms with E-state index in [4.69, 9.17) is 11.1 Å². The Balaban J connectivity index is 1.29. The van der Waals surface area contributed by atoms with Crippen LogP contribution in [0.25, 0.3) is 0 Å². The zero-order valence-corrected chi connectivity index (χ0v) is 20.1. The lowest BCUT2D eigenvalue weighted by atomic mass is 9.82. The van der Waals surface area contributed by atoms with Gasteiger partial charge in [0.2, 0.25) is 5.91 Å². The first kappa shape index (κ1) is 23.8. The molecule has 2 fully saturated rings. The van der Waals surface area contributed by atoms with Gasteiger partial charge in [0.25, 0.3) is 5.91 Å². The number of carbonyl (C=O) groups is 2. The van der Waals surface area contributed by atoms with E-state index >= 15 is 0 Å². The summed E-state index contributed by atoms with van der Waals surface area (Å²) in [6.45, 7) is 1.63. The second-order valence-electron chi connectivity index (χ2n) is 9.53. The van der Waals surface area contributed by atoms with Crippen LogP contribution in [0.4, 0.5) is 0 Å². The van der Waals surface area contributed by atoms with Crippen molar-refractivity contribution in [3.05, 3.63) is 108 Å². The van der Waals surface area contributed by atoms with E-state index < -0.39 is 11.6 Å². The number of amides is 2. The number of guanidine groups is 1. The number of nitrogens with zero attached hydrogens (tertiary/aromatic N) is 2. The van der Waals surface area contributed by atoms with Crippen molar-refractivity contribution in [2.45, 2.75) is 24.4 Å². The monoisotopic (exact) mass is 481 g/mol. The molecule has 5 rings (SSSR count). The molecule has 0 bridgehead atoms. The first-order valence-corrected chi connectivity index (χ1v) is 12.4. The van der Waals surface area contributed by atoms with E-state index in [2.05, 4.69) is 5.32 Å². The standard InChI is InChI=1S/C29H31N5O2/c30-25(22-10-4-1-5-11-22)26(35)33-18-16-21(17-19-33)20-34-27(36)29(32-28(34)31,23-12-6-2-7-13-23)24-14-8-3-9-15-24/h1-15,21,25H,16-20,30H2,(H2,31,32)/t25-/m0/s1. The number of rotatable bonds is 6. The van der Waals surface area contributed by atoms with E-state index in [0.717, 1.165) is 29.5 Å². The maximum atomic E-state index is 14.0. The molecule has 0 saturated carbocycles. The molecule has 3 aromatic carbocycles. The van der Waals surface area contributed by atoms with Gasteiger partial charge in [0, 0.05) is 19.6 Å². The third-order valence-electron chi connectivity index (χ3n) is 7.35. The summed E-state index contributed by atoms with van der Waals surface area (Å²) in [6, 6.07) is 27.9.